The van der Waals surface area contributed by atoms with Crippen molar-refractivity contribution in [1.82, 2.24) is 4.98 Å². The van der Waals surface area contributed by atoms with Crippen molar-refractivity contribution in [3.05, 3.63) is 55.9 Å². The van der Waals surface area contributed by atoms with E-state index in [1.807, 2.05) is 22.6 Å². The molecule has 1 aromatic heterocycles. The lowest BCUT2D eigenvalue weighted by molar-refractivity contribution is 0.0519. The summed E-state index contributed by atoms with van der Waals surface area (Å²) in [5.41, 5.74) is 1.58. The molecule has 0 saturated heterocycles. The number of hydrogen-bond donors (Lipinski definition) is 1. The smallest absolute Gasteiger partial charge is 0.356 e. The summed E-state index contributed by atoms with van der Waals surface area (Å²) in [4.78, 5) is 15.9. The van der Waals surface area contributed by atoms with Crippen molar-refractivity contribution in [2.24, 2.45) is 0 Å². The molecule has 0 unspecified atom stereocenters. The zero-order valence-electron chi connectivity index (χ0n) is 11.3. The molecule has 21 heavy (non-hydrogen) atoms. The summed E-state index contributed by atoms with van der Waals surface area (Å²) in [5.74, 6) is -0.271. The number of carbonyl (C=O) groups excluding carboxylic acids is 1. The number of benzene rings is 1. The lowest BCUT2D eigenvalue weighted by Crippen LogP contribution is -2.08. The van der Waals surface area contributed by atoms with Gasteiger partial charge in [0.05, 0.1) is 10.2 Å². The van der Waals surface area contributed by atoms with Crippen LogP contribution in [-0.4, -0.2) is 22.7 Å². The number of aromatic hydroxyl groups is 1. The minimum absolute atomic E-state index is 0.184. The molecule has 0 fully saturated rings. The summed E-state index contributed by atoms with van der Waals surface area (Å²) in [6.07, 6.45) is 0.385. The number of pyridine rings is 1. The fourth-order valence-electron chi connectivity index (χ4n) is 1.85. The molecule has 110 valence electrons. The van der Waals surface area contributed by atoms with Crippen LogP contribution in [0, 0.1) is 3.57 Å². The van der Waals surface area contributed by atoms with Gasteiger partial charge in [-0.2, -0.15) is 0 Å². The highest BCUT2D eigenvalue weighted by molar-refractivity contribution is 14.1. The van der Waals surface area contributed by atoms with Crippen LogP contribution in [0.3, 0.4) is 0 Å². The van der Waals surface area contributed by atoms with Gasteiger partial charge in [-0.1, -0.05) is 17.7 Å². The van der Waals surface area contributed by atoms with E-state index in [0.717, 1.165) is 0 Å². The quantitative estimate of drug-likeness (QED) is 0.607. The number of rotatable bonds is 4. The van der Waals surface area contributed by atoms with Gasteiger partial charge in [0.2, 0.25) is 0 Å². The summed E-state index contributed by atoms with van der Waals surface area (Å²) in [7, 11) is 0. The van der Waals surface area contributed by atoms with E-state index in [4.69, 9.17) is 16.3 Å². The van der Waals surface area contributed by atoms with Gasteiger partial charge in [-0.15, -0.1) is 0 Å². The molecule has 4 nitrogen and oxygen atoms in total. The minimum Gasteiger partial charge on any atom is -0.507 e. The van der Waals surface area contributed by atoms with Crippen LogP contribution in [0.4, 0.5) is 0 Å². The molecule has 1 heterocycles. The first-order valence-electron chi connectivity index (χ1n) is 6.31. The van der Waals surface area contributed by atoms with E-state index in [1.165, 1.54) is 0 Å². The molecule has 6 heteroatoms. The van der Waals surface area contributed by atoms with Gasteiger partial charge in [-0.25, -0.2) is 9.78 Å². The van der Waals surface area contributed by atoms with Crippen LogP contribution in [0.5, 0.6) is 5.75 Å². The predicted molar refractivity (Wildman–Crippen MR) is 88.8 cm³/mol. The topological polar surface area (TPSA) is 59.4 Å². The summed E-state index contributed by atoms with van der Waals surface area (Å²) in [6, 6.07) is 8.50. The number of phenols is 1. The Balaban J connectivity index is 2.28. The number of ether oxygens (including phenoxy) is 1. The van der Waals surface area contributed by atoms with E-state index in [1.54, 1.807) is 37.3 Å². The first kappa shape index (κ1) is 16.0. The highest BCUT2D eigenvalue weighted by atomic mass is 127. The minimum atomic E-state index is -0.454. The van der Waals surface area contributed by atoms with Gasteiger partial charge in [-0.05, 0) is 53.8 Å². The van der Waals surface area contributed by atoms with Gasteiger partial charge in [0.25, 0.3) is 0 Å². The first-order valence-corrected chi connectivity index (χ1v) is 7.77. The molecular weight excluding hydrogens is 405 g/mol. The molecule has 1 N–H and O–H groups in total. The average Bonchev–Trinajstić information content (AvgIpc) is 2.45. The fraction of sp³-hybridized carbons (Fsp3) is 0.200. The number of hydrogen-bond acceptors (Lipinski definition) is 4. The van der Waals surface area contributed by atoms with Crippen molar-refractivity contribution in [2.75, 3.05) is 6.61 Å². The van der Waals surface area contributed by atoms with Crippen LogP contribution < -0.4 is 0 Å². The van der Waals surface area contributed by atoms with Crippen molar-refractivity contribution in [3.63, 3.8) is 0 Å². The Hall–Kier alpha value is -1.34. The number of halogens is 2. The van der Waals surface area contributed by atoms with Crippen LogP contribution in [0.25, 0.3) is 0 Å². The number of aromatic nitrogens is 1. The molecule has 2 rings (SSSR count). The molecular formula is C15H13ClINO3. The normalized spacial score (nSPS) is 10.4. The van der Waals surface area contributed by atoms with Gasteiger partial charge in [-0.3, -0.25) is 0 Å². The maximum Gasteiger partial charge on any atom is 0.356 e. The number of phenolic OH excluding ortho intramolecular Hbond substituents is 1. The Morgan fingerprint density at radius 3 is 2.90 bits per heavy atom. The van der Waals surface area contributed by atoms with E-state index in [0.29, 0.717) is 32.9 Å². The third kappa shape index (κ3) is 4.07. The fourth-order valence-corrected chi connectivity index (χ4v) is 2.95. The van der Waals surface area contributed by atoms with E-state index in [9.17, 15) is 9.90 Å². The van der Waals surface area contributed by atoms with Crippen molar-refractivity contribution < 1.29 is 14.6 Å². The Kier molecular flexibility index (Phi) is 5.41. The molecule has 0 saturated carbocycles. The second kappa shape index (κ2) is 7.09. The SMILES string of the molecule is CCOC(=O)c1cccc(Cc2cc(Cl)cc(I)c2O)n1. The molecule has 0 spiro atoms. The van der Waals surface area contributed by atoms with Crippen LogP contribution >= 0.6 is 34.2 Å². The molecule has 0 aliphatic carbocycles. The average molecular weight is 418 g/mol. The summed E-state index contributed by atoms with van der Waals surface area (Å²) in [5, 5.41) is 10.6. The van der Waals surface area contributed by atoms with Gasteiger partial charge in [0, 0.05) is 22.7 Å². The molecule has 0 aliphatic rings. The van der Waals surface area contributed by atoms with Crippen molar-refractivity contribution >= 4 is 40.2 Å². The third-order valence-electron chi connectivity index (χ3n) is 2.77. The molecule has 0 amide bonds. The number of nitrogens with zero attached hydrogens (tertiary/aromatic N) is 1. The van der Waals surface area contributed by atoms with E-state index < -0.39 is 5.97 Å². The van der Waals surface area contributed by atoms with Crippen LogP contribution in [0.2, 0.25) is 5.02 Å². The Labute approximate surface area is 141 Å². The zero-order valence-corrected chi connectivity index (χ0v) is 14.2. The van der Waals surface area contributed by atoms with Crippen LogP contribution in [0.1, 0.15) is 28.7 Å². The van der Waals surface area contributed by atoms with E-state index >= 15 is 0 Å². The van der Waals surface area contributed by atoms with Gasteiger partial charge >= 0.3 is 5.97 Å². The molecule has 0 radical (unpaired) electrons. The molecule has 0 atom stereocenters. The maximum absolute atomic E-state index is 11.7. The van der Waals surface area contributed by atoms with Gasteiger partial charge < -0.3 is 9.84 Å². The monoisotopic (exact) mass is 417 g/mol. The summed E-state index contributed by atoms with van der Waals surface area (Å²) < 4.78 is 5.60. The molecule has 0 bridgehead atoms. The highest BCUT2D eigenvalue weighted by Crippen LogP contribution is 2.29. The van der Waals surface area contributed by atoms with Crippen LogP contribution in [-0.2, 0) is 11.2 Å². The molecule has 2 aromatic rings. The summed E-state index contributed by atoms with van der Waals surface area (Å²) in [6.45, 7) is 2.05. The molecule has 1 aromatic carbocycles. The second-order valence-corrected chi connectivity index (χ2v) is 5.91. The largest absolute Gasteiger partial charge is 0.507 e. The van der Waals surface area contributed by atoms with E-state index in [-0.39, 0.29) is 11.4 Å². The summed E-state index contributed by atoms with van der Waals surface area (Å²) >= 11 is 8.02. The van der Waals surface area contributed by atoms with Gasteiger partial charge in [0.15, 0.2) is 0 Å². The van der Waals surface area contributed by atoms with Crippen molar-refractivity contribution in [2.45, 2.75) is 13.3 Å². The first-order chi connectivity index (χ1) is 10.0. The standard InChI is InChI=1S/C15H13ClINO3/c1-2-21-15(20)13-5-3-4-11(18-13)7-9-6-10(16)8-12(17)14(9)19/h3-6,8,19H,2,7H2,1H3. The lowest BCUT2D eigenvalue weighted by atomic mass is 10.1. The maximum atomic E-state index is 11.7. The number of carbonyl (C=O) groups is 1. The predicted octanol–water partition coefficient (Wildman–Crippen LogP) is 3.81. The van der Waals surface area contributed by atoms with Gasteiger partial charge in [0.1, 0.15) is 11.4 Å². The molecule has 0 aliphatic heterocycles. The second-order valence-electron chi connectivity index (χ2n) is 4.31. The third-order valence-corrected chi connectivity index (χ3v) is 3.81. The van der Waals surface area contributed by atoms with E-state index in [2.05, 4.69) is 4.98 Å². The van der Waals surface area contributed by atoms with Crippen molar-refractivity contribution in [1.29, 1.82) is 0 Å². The van der Waals surface area contributed by atoms with Crippen LogP contribution in [0.15, 0.2) is 30.3 Å². The number of esters is 1. The Morgan fingerprint density at radius 2 is 2.19 bits per heavy atom. The highest BCUT2D eigenvalue weighted by Gasteiger charge is 2.12. The zero-order chi connectivity index (χ0) is 15.4. The lowest BCUT2D eigenvalue weighted by Gasteiger charge is -2.08. The Morgan fingerprint density at radius 1 is 1.43 bits per heavy atom. The Bertz CT molecular complexity index is 676. The van der Waals surface area contributed by atoms with Crippen molar-refractivity contribution in [3.8, 4) is 5.75 Å².